The smallest absolute Gasteiger partial charge is 0.168 e. The van der Waals surface area contributed by atoms with Crippen molar-refractivity contribution in [3.05, 3.63) is 41.2 Å². The van der Waals surface area contributed by atoms with Gasteiger partial charge in [0.1, 0.15) is 5.69 Å². The van der Waals surface area contributed by atoms with Crippen LogP contribution in [0.2, 0.25) is 5.02 Å². The van der Waals surface area contributed by atoms with Crippen LogP contribution in [-0.4, -0.2) is 16.5 Å². The highest BCUT2D eigenvalue weighted by atomic mass is 35.5. The molecule has 0 atom stereocenters. The minimum atomic E-state index is 0.465. The Balaban J connectivity index is 2.54. The Morgan fingerprint density at radius 1 is 1.43 bits per heavy atom. The molecular formula is C10H7ClN2O. The van der Waals surface area contributed by atoms with Crippen LogP contribution < -0.4 is 0 Å². The van der Waals surface area contributed by atoms with Crippen molar-refractivity contribution in [2.24, 2.45) is 0 Å². The lowest BCUT2D eigenvalue weighted by Crippen LogP contribution is -1.83. The summed E-state index contributed by atoms with van der Waals surface area (Å²) in [5.41, 5.74) is 2.11. The lowest BCUT2D eigenvalue weighted by molar-refractivity contribution is 0.111. The van der Waals surface area contributed by atoms with Crippen molar-refractivity contribution in [3.8, 4) is 11.1 Å². The number of aldehydes is 1. The average Bonchev–Trinajstić information content (AvgIpc) is 2.65. The largest absolute Gasteiger partial charge is 0.296 e. The van der Waals surface area contributed by atoms with Crippen molar-refractivity contribution < 1.29 is 4.79 Å². The summed E-state index contributed by atoms with van der Waals surface area (Å²) in [6.07, 6.45) is 2.35. The Morgan fingerprint density at radius 3 is 3.00 bits per heavy atom. The Bertz CT molecular complexity index is 465. The van der Waals surface area contributed by atoms with E-state index in [1.807, 2.05) is 12.1 Å². The molecule has 1 aromatic carbocycles. The normalized spacial score (nSPS) is 10.1. The van der Waals surface area contributed by atoms with Gasteiger partial charge in [0.25, 0.3) is 0 Å². The van der Waals surface area contributed by atoms with Gasteiger partial charge in [-0.2, -0.15) is 5.10 Å². The molecule has 0 saturated heterocycles. The fourth-order valence-electron chi connectivity index (χ4n) is 1.27. The Kier molecular flexibility index (Phi) is 2.33. The highest BCUT2D eigenvalue weighted by Gasteiger charge is 2.06. The number of H-pyrrole nitrogens is 1. The maximum Gasteiger partial charge on any atom is 0.168 e. The number of carbonyl (C=O) groups excluding carboxylic acids is 1. The van der Waals surface area contributed by atoms with Gasteiger partial charge in [-0.05, 0) is 17.7 Å². The van der Waals surface area contributed by atoms with Crippen LogP contribution in [0.1, 0.15) is 10.5 Å². The maximum absolute atomic E-state index is 10.6. The van der Waals surface area contributed by atoms with E-state index in [9.17, 15) is 4.79 Å². The number of hydrogen-bond acceptors (Lipinski definition) is 2. The van der Waals surface area contributed by atoms with Crippen LogP contribution in [0.3, 0.4) is 0 Å². The first-order valence-electron chi connectivity index (χ1n) is 4.06. The third-order valence-electron chi connectivity index (χ3n) is 1.92. The van der Waals surface area contributed by atoms with Crippen LogP contribution in [0.25, 0.3) is 11.1 Å². The van der Waals surface area contributed by atoms with Crippen LogP contribution in [0.5, 0.6) is 0 Å². The van der Waals surface area contributed by atoms with Gasteiger partial charge in [0.15, 0.2) is 6.29 Å². The Hall–Kier alpha value is -1.61. The molecule has 0 radical (unpaired) electrons. The number of aromatic amines is 1. The number of nitrogens with one attached hydrogen (secondary N) is 1. The number of aromatic nitrogens is 2. The van der Waals surface area contributed by atoms with Gasteiger partial charge in [-0.15, -0.1) is 0 Å². The summed E-state index contributed by atoms with van der Waals surface area (Å²) in [4.78, 5) is 10.6. The van der Waals surface area contributed by atoms with E-state index >= 15 is 0 Å². The minimum Gasteiger partial charge on any atom is -0.296 e. The van der Waals surface area contributed by atoms with Crippen molar-refractivity contribution >= 4 is 17.9 Å². The summed E-state index contributed by atoms with van der Waals surface area (Å²) < 4.78 is 0. The first-order valence-corrected chi connectivity index (χ1v) is 4.43. The van der Waals surface area contributed by atoms with E-state index in [-0.39, 0.29) is 0 Å². The molecule has 2 rings (SSSR count). The first kappa shape index (κ1) is 8.97. The molecule has 0 spiro atoms. The van der Waals surface area contributed by atoms with Crippen molar-refractivity contribution in [2.75, 3.05) is 0 Å². The van der Waals surface area contributed by atoms with Crippen molar-refractivity contribution in [1.29, 1.82) is 0 Å². The summed E-state index contributed by atoms with van der Waals surface area (Å²) in [5, 5.41) is 7.05. The molecule has 0 amide bonds. The van der Waals surface area contributed by atoms with Gasteiger partial charge in [-0.3, -0.25) is 9.89 Å². The molecule has 3 nitrogen and oxygen atoms in total. The lowest BCUT2D eigenvalue weighted by Gasteiger charge is -1.98. The molecule has 1 N–H and O–H groups in total. The quantitative estimate of drug-likeness (QED) is 0.768. The topological polar surface area (TPSA) is 45.8 Å². The maximum atomic E-state index is 10.6. The molecule has 0 bridgehead atoms. The Morgan fingerprint density at radius 2 is 2.29 bits per heavy atom. The number of benzene rings is 1. The van der Waals surface area contributed by atoms with E-state index < -0.39 is 0 Å². The zero-order chi connectivity index (χ0) is 9.97. The van der Waals surface area contributed by atoms with Gasteiger partial charge in [-0.25, -0.2) is 0 Å². The van der Waals surface area contributed by atoms with Gasteiger partial charge in [0, 0.05) is 10.6 Å². The molecular weight excluding hydrogens is 200 g/mol. The summed E-state index contributed by atoms with van der Waals surface area (Å²) in [6.45, 7) is 0. The third-order valence-corrected chi connectivity index (χ3v) is 2.16. The number of nitrogens with zero attached hydrogens (tertiary/aromatic N) is 1. The van der Waals surface area contributed by atoms with E-state index in [2.05, 4.69) is 10.2 Å². The standard InChI is InChI=1S/C10H7ClN2O/c11-8-3-1-2-7(4-8)9-5-12-13-10(9)6-14/h1-6H,(H,12,13). The van der Waals surface area contributed by atoms with Gasteiger partial charge < -0.3 is 0 Å². The molecule has 1 aromatic heterocycles. The van der Waals surface area contributed by atoms with Crippen LogP contribution in [0, 0.1) is 0 Å². The summed E-state index contributed by atoms with van der Waals surface area (Å²) >= 11 is 5.84. The fraction of sp³-hybridized carbons (Fsp3) is 0. The molecule has 2 aromatic rings. The van der Waals surface area contributed by atoms with Crippen LogP contribution in [-0.2, 0) is 0 Å². The summed E-state index contributed by atoms with van der Waals surface area (Å²) in [6, 6.07) is 7.29. The molecule has 0 aliphatic carbocycles. The number of halogens is 1. The van der Waals surface area contributed by atoms with Gasteiger partial charge in [0.05, 0.1) is 6.20 Å². The Labute approximate surface area is 85.7 Å². The van der Waals surface area contributed by atoms with E-state index in [0.29, 0.717) is 10.7 Å². The molecule has 0 unspecified atom stereocenters. The molecule has 70 valence electrons. The van der Waals surface area contributed by atoms with Gasteiger partial charge in [-0.1, -0.05) is 23.7 Å². The number of rotatable bonds is 2. The zero-order valence-electron chi connectivity index (χ0n) is 7.20. The van der Waals surface area contributed by atoms with Crippen molar-refractivity contribution in [2.45, 2.75) is 0 Å². The highest BCUT2D eigenvalue weighted by Crippen LogP contribution is 2.23. The van der Waals surface area contributed by atoms with Crippen LogP contribution >= 0.6 is 11.6 Å². The zero-order valence-corrected chi connectivity index (χ0v) is 7.95. The van der Waals surface area contributed by atoms with E-state index in [1.54, 1.807) is 18.3 Å². The van der Waals surface area contributed by atoms with Gasteiger partial charge >= 0.3 is 0 Å². The van der Waals surface area contributed by atoms with Crippen molar-refractivity contribution in [1.82, 2.24) is 10.2 Å². The SMILES string of the molecule is O=Cc1[nH]ncc1-c1cccc(Cl)c1. The van der Waals surface area contributed by atoms with Crippen LogP contribution in [0.4, 0.5) is 0 Å². The monoisotopic (exact) mass is 206 g/mol. The van der Waals surface area contributed by atoms with Gasteiger partial charge in [0.2, 0.25) is 0 Å². The molecule has 0 aliphatic heterocycles. The average molecular weight is 207 g/mol. The van der Waals surface area contributed by atoms with E-state index in [0.717, 1.165) is 17.4 Å². The van der Waals surface area contributed by atoms with Crippen LogP contribution in [0.15, 0.2) is 30.5 Å². The second kappa shape index (κ2) is 3.64. The summed E-state index contributed by atoms with van der Waals surface area (Å²) in [5.74, 6) is 0. The minimum absolute atomic E-state index is 0.465. The summed E-state index contributed by atoms with van der Waals surface area (Å²) in [7, 11) is 0. The van der Waals surface area contributed by atoms with E-state index in [4.69, 9.17) is 11.6 Å². The molecule has 0 aliphatic rings. The second-order valence-corrected chi connectivity index (χ2v) is 3.26. The predicted molar refractivity (Wildman–Crippen MR) is 54.4 cm³/mol. The third kappa shape index (κ3) is 1.54. The molecule has 0 fully saturated rings. The van der Waals surface area contributed by atoms with Crippen molar-refractivity contribution in [3.63, 3.8) is 0 Å². The highest BCUT2D eigenvalue weighted by molar-refractivity contribution is 6.30. The molecule has 1 heterocycles. The lowest BCUT2D eigenvalue weighted by atomic mass is 10.1. The van der Waals surface area contributed by atoms with E-state index in [1.165, 1.54) is 0 Å². The number of hydrogen-bond donors (Lipinski definition) is 1. The predicted octanol–water partition coefficient (Wildman–Crippen LogP) is 2.54. The first-order chi connectivity index (χ1) is 6.81. The second-order valence-electron chi connectivity index (χ2n) is 2.83. The molecule has 14 heavy (non-hydrogen) atoms. The molecule has 0 saturated carbocycles. The molecule has 4 heteroatoms. The fourth-order valence-corrected chi connectivity index (χ4v) is 1.46. The number of carbonyl (C=O) groups is 1.